The smallest absolute Gasteiger partial charge is 0.245 e. The lowest BCUT2D eigenvalue weighted by Crippen LogP contribution is -2.48. The van der Waals surface area contributed by atoms with Crippen molar-refractivity contribution in [1.29, 1.82) is 0 Å². The molecule has 0 aromatic heterocycles. The Kier molecular flexibility index (Phi) is 3.84. The number of nitrogens with zero attached hydrogens (tertiary/aromatic N) is 1. The van der Waals surface area contributed by atoms with Crippen LogP contribution in [0.4, 0.5) is 5.69 Å². The molecule has 2 rings (SSSR count). The molecule has 0 spiro atoms. The average Bonchev–Trinajstić information content (AvgIpc) is 2.31. The molecule has 3 nitrogen and oxygen atoms in total. The minimum absolute atomic E-state index is 0.0450. The zero-order valence-corrected chi connectivity index (χ0v) is 11.0. The van der Waals surface area contributed by atoms with Crippen LogP contribution in [0.2, 0.25) is 0 Å². The van der Waals surface area contributed by atoms with Gasteiger partial charge in [0.1, 0.15) is 6.04 Å². The van der Waals surface area contributed by atoms with Crippen molar-refractivity contribution < 1.29 is 4.79 Å². The molecule has 1 aliphatic heterocycles. The molecule has 5 heteroatoms. The van der Waals surface area contributed by atoms with Crippen molar-refractivity contribution in [3.8, 4) is 0 Å². The maximum absolute atomic E-state index is 12.0. The normalized spacial score (nSPS) is 21.2. The van der Waals surface area contributed by atoms with Crippen molar-refractivity contribution in [3.05, 3.63) is 28.7 Å². The highest BCUT2D eigenvalue weighted by Crippen LogP contribution is 2.23. The summed E-state index contributed by atoms with van der Waals surface area (Å²) in [4.78, 5) is 16.3. The van der Waals surface area contributed by atoms with Crippen LogP contribution in [0.1, 0.15) is 12.8 Å². The van der Waals surface area contributed by atoms with Crippen LogP contribution in [0.15, 0.2) is 28.7 Å². The van der Waals surface area contributed by atoms with Gasteiger partial charge in [0.2, 0.25) is 5.91 Å². The van der Waals surface area contributed by atoms with E-state index in [0.29, 0.717) is 0 Å². The summed E-state index contributed by atoms with van der Waals surface area (Å²) in [6.07, 6.45) is 1.77. The fourth-order valence-electron chi connectivity index (χ4n) is 1.85. The van der Waals surface area contributed by atoms with Crippen LogP contribution in [0.3, 0.4) is 0 Å². The van der Waals surface area contributed by atoms with Crippen molar-refractivity contribution in [2.24, 2.45) is 0 Å². The van der Waals surface area contributed by atoms with Gasteiger partial charge in [0, 0.05) is 16.7 Å². The Balaban J connectivity index is 2.20. The third kappa shape index (κ3) is 2.39. The van der Waals surface area contributed by atoms with Gasteiger partial charge in [0.25, 0.3) is 0 Å². The summed E-state index contributed by atoms with van der Waals surface area (Å²) >= 11 is 8.92. The summed E-state index contributed by atoms with van der Waals surface area (Å²) in [6, 6.07) is 7.46. The molecule has 1 heterocycles. The van der Waals surface area contributed by atoms with E-state index in [2.05, 4.69) is 20.8 Å². The number of piperidine rings is 1. The number of hydrogen-bond acceptors (Lipinski definition) is 2. The van der Waals surface area contributed by atoms with Crippen LogP contribution >= 0.6 is 27.7 Å². The van der Waals surface area contributed by atoms with Gasteiger partial charge in [-0.15, -0.1) is 0 Å². The van der Waals surface area contributed by atoms with Gasteiger partial charge in [-0.3, -0.25) is 4.79 Å². The SMILES string of the molecule is O=C1[C@H](NCl)CCCN1c1ccc(Br)cc1. The minimum Gasteiger partial charge on any atom is -0.311 e. The van der Waals surface area contributed by atoms with Crippen molar-refractivity contribution >= 4 is 39.3 Å². The number of halogens is 2. The van der Waals surface area contributed by atoms with Crippen molar-refractivity contribution in [2.45, 2.75) is 18.9 Å². The van der Waals surface area contributed by atoms with E-state index in [-0.39, 0.29) is 11.9 Å². The molecular formula is C11H12BrClN2O. The third-order valence-electron chi connectivity index (χ3n) is 2.71. The molecule has 1 aliphatic rings. The summed E-state index contributed by atoms with van der Waals surface area (Å²) in [6.45, 7) is 0.759. The summed E-state index contributed by atoms with van der Waals surface area (Å²) in [5, 5.41) is 0. The van der Waals surface area contributed by atoms with E-state index in [1.54, 1.807) is 4.90 Å². The van der Waals surface area contributed by atoms with Gasteiger partial charge in [-0.1, -0.05) is 15.9 Å². The molecule has 1 aromatic rings. The Hall–Kier alpha value is -0.580. The van der Waals surface area contributed by atoms with Gasteiger partial charge < -0.3 is 4.90 Å². The zero-order chi connectivity index (χ0) is 11.5. The number of carbonyl (C=O) groups is 1. The number of anilines is 1. The van der Waals surface area contributed by atoms with Crippen LogP contribution in [0.5, 0.6) is 0 Å². The first kappa shape index (κ1) is 11.9. The number of carbonyl (C=O) groups excluding carboxylic acids is 1. The fourth-order valence-corrected chi connectivity index (χ4v) is 2.32. The monoisotopic (exact) mass is 302 g/mol. The average molecular weight is 304 g/mol. The predicted molar refractivity (Wildman–Crippen MR) is 68.5 cm³/mol. The number of benzene rings is 1. The maximum Gasteiger partial charge on any atom is 0.245 e. The van der Waals surface area contributed by atoms with E-state index >= 15 is 0 Å². The van der Waals surface area contributed by atoms with Crippen molar-refractivity contribution in [2.75, 3.05) is 11.4 Å². The van der Waals surface area contributed by atoms with Gasteiger partial charge in [-0.2, -0.15) is 0 Å². The van der Waals surface area contributed by atoms with Crippen LogP contribution in [-0.4, -0.2) is 18.5 Å². The molecule has 0 bridgehead atoms. The Morgan fingerprint density at radius 2 is 2.06 bits per heavy atom. The van der Waals surface area contributed by atoms with Gasteiger partial charge in [0.15, 0.2) is 0 Å². The predicted octanol–water partition coefficient (Wildman–Crippen LogP) is 2.69. The Morgan fingerprint density at radius 3 is 2.69 bits per heavy atom. The summed E-state index contributed by atoms with van der Waals surface area (Å²) in [5.74, 6) is 0.0450. The second kappa shape index (κ2) is 5.17. The molecule has 0 radical (unpaired) electrons. The molecule has 0 aliphatic carbocycles. The Labute approximate surface area is 108 Å². The molecule has 1 amide bonds. The number of nitrogens with one attached hydrogen (secondary N) is 1. The standard InChI is InChI=1S/C11H12BrClN2O/c12-8-3-5-9(6-4-8)15-7-1-2-10(14-13)11(15)16/h3-6,10,14H,1-2,7H2/t10-/m1/s1. The molecule has 1 atom stereocenters. The van der Waals surface area contributed by atoms with E-state index in [1.165, 1.54) is 0 Å². The second-order valence-electron chi connectivity index (χ2n) is 3.77. The lowest BCUT2D eigenvalue weighted by molar-refractivity contribution is -0.121. The lowest BCUT2D eigenvalue weighted by atomic mass is 10.1. The topological polar surface area (TPSA) is 32.3 Å². The molecule has 16 heavy (non-hydrogen) atoms. The Bertz CT molecular complexity index is 382. The lowest BCUT2D eigenvalue weighted by Gasteiger charge is -2.31. The van der Waals surface area contributed by atoms with E-state index < -0.39 is 0 Å². The van der Waals surface area contributed by atoms with Gasteiger partial charge in [-0.05, 0) is 48.9 Å². The molecule has 86 valence electrons. The van der Waals surface area contributed by atoms with Crippen LogP contribution in [-0.2, 0) is 4.79 Å². The number of rotatable bonds is 2. The zero-order valence-electron chi connectivity index (χ0n) is 8.62. The van der Waals surface area contributed by atoms with Crippen LogP contribution in [0.25, 0.3) is 0 Å². The molecule has 1 fully saturated rings. The highest BCUT2D eigenvalue weighted by Gasteiger charge is 2.28. The van der Waals surface area contributed by atoms with Crippen molar-refractivity contribution in [1.82, 2.24) is 4.84 Å². The maximum atomic E-state index is 12.0. The van der Waals surface area contributed by atoms with Crippen molar-refractivity contribution in [3.63, 3.8) is 0 Å². The quantitative estimate of drug-likeness (QED) is 0.852. The second-order valence-corrected chi connectivity index (χ2v) is 4.90. The number of hydrogen-bond donors (Lipinski definition) is 1. The number of amides is 1. The molecular weight excluding hydrogens is 291 g/mol. The highest BCUT2D eigenvalue weighted by molar-refractivity contribution is 9.10. The van der Waals surface area contributed by atoms with Gasteiger partial charge in [-0.25, -0.2) is 4.84 Å². The molecule has 1 aromatic carbocycles. The van der Waals surface area contributed by atoms with Gasteiger partial charge in [0.05, 0.1) is 0 Å². The minimum atomic E-state index is -0.265. The van der Waals surface area contributed by atoms with E-state index in [4.69, 9.17) is 11.8 Å². The van der Waals surface area contributed by atoms with E-state index in [9.17, 15) is 4.79 Å². The first-order chi connectivity index (χ1) is 7.72. The molecule has 1 N–H and O–H groups in total. The van der Waals surface area contributed by atoms with Crippen LogP contribution in [0, 0.1) is 0 Å². The van der Waals surface area contributed by atoms with Gasteiger partial charge >= 0.3 is 0 Å². The first-order valence-electron chi connectivity index (χ1n) is 5.15. The summed E-state index contributed by atoms with van der Waals surface area (Å²) in [5.41, 5.74) is 0.921. The highest BCUT2D eigenvalue weighted by atomic mass is 79.9. The molecule has 0 saturated carbocycles. The first-order valence-corrected chi connectivity index (χ1v) is 6.32. The fraction of sp³-hybridized carbons (Fsp3) is 0.364. The molecule has 1 saturated heterocycles. The van der Waals surface area contributed by atoms with E-state index in [0.717, 1.165) is 29.5 Å². The summed E-state index contributed by atoms with van der Waals surface area (Å²) in [7, 11) is 0. The third-order valence-corrected chi connectivity index (χ3v) is 3.50. The largest absolute Gasteiger partial charge is 0.311 e. The van der Waals surface area contributed by atoms with Crippen LogP contribution < -0.4 is 9.74 Å². The molecule has 0 unspecified atom stereocenters. The Morgan fingerprint density at radius 1 is 1.38 bits per heavy atom. The van der Waals surface area contributed by atoms with E-state index in [1.807, 2.05) is 24.3 Å². The summed E-state index contributed by atoms with van der Waals surface area (Å²) < 4.78 is 1.01.